The SMILES string of the molecule is N#Cc1ccc(Cl)c(NC(=O)Cc2ccccc2CN)c1. The lowest BCUT2D eigenvalue weighted by Crippen LogP contribution is -2.16. The number of hydrogen-bond donors (Lipinski definition) is 2. The Bertz CT molecular complexity index is 707. The number of amides is 1. The monoisotopic (exact) mass is 299 g/mol. The van der Waals surface area contributed by atoms with Crippen molar-refractivity contribution < 1.29 is 4.79 Å². The molecule has 0 saturated carbocycles. The van der Waals surface area contributed by atoms with Crippen LogP contribution in [0.2, 0.25) is 5.02 Å². The maximum Gasteiger partial charge on any atom is 0.228 e. The number of rotatable bonds is 4. The molecule has 0 heterocycles. The Labute approximate surface area is 128 Å². The first-order valence-electron chi connectivity index (χ1n) is 6.40. The molecular weight excluding hydrogens is 286 g/mol. The molecule has 0 atom stereocenters. The van der Waals surface area contributed by atoms with E-state index in [9.17, 15) is 4.79 Å². The number of carbonyl (C=O) groups is 1. The number of nitriles is 1. The van der Waals surface area contributed by atoms with Gasteiger partial charge in [-0.3, -0.25) is 4.79 Å². The molecule has 0 bridgehead atoms. The van der Waals surface area contributed by atoms with Crippen molar-refractivity contribution in [2.45, 2.75) is 13.0 Å². The number of nitrogens with one attached hydrogen (secondary N) is 1. The van der Waals surface area contributed by atoms with Crippen LogP contribution in [0.5, 0.6) is 0 Å². The fourth-order valence-electron chi connectivity index (χ4n) is 1.99. The van der Waals surface area contributed by atoms with Gasteiger partial charge >= 0.3 is 0 Å². The molecule has 0 aliphatic carbocycles. The van der Waals surface area contributed by atoms with E-state index in [4.69, 9.17) is 22.6 Å². The predicted octanol–water partition coefficient (Wildman–Crippen LogP) is 2.85. The van der Waals surface area contributed by atoms with Gasteiger partial charge in [0.05, 0.1) is 28.8 Å². The highest BCUT2D eigenvalue weighted by atomic mass is 35.5. The van der Waals surface area contributed by atoms with Gasteiger partial charge in [0.1, 0.15) is 0 Å². The summed E-state index contributed by atoms with van der Waals surface area (Å²) in [5.41, 5.74) is 8.34. The molecule has 0 aromatic heterocycles. The molecule has 0 saturated heterocycles. The van der Waals surface area contributed by atoms with Crippen LogP contribution in [0.15, 0.2) is 42.5 Å². The molecule has 0 aliphatic rings. The van der Waals surface area contributed by atoms with Gasteiger partial charge in [0.25, 0.3) is 0 Å². The second kappa shape index (κ2) is 6.89. The number of hydrogen-bond acceptors (Lipinski definition) is 3. The fraction of sp³-hybridized carbons (Fsp3) is 0.125. The van der Waals surface area contributed by atoms with Crippen molar-refractivity contribution in [2.24, 2.45) is 5.73 Å². The number of nitrogens with zero attached hydrogens (tertiary/aromatic N) is 1. The minimum Gasteiger partial charge on any atom is -0.326 e. The smallest absolute Gasteiger partial charge is 0.228 e. The van der Waals surface area contributed by atoms with Gasteiger partial charge in [-0.1, -0.05) is 35.9 Å². The van der Waals surface area contributed by atoms with E-state index in [1.165, 1.54) is 0 Å². The van der Waals surface area contributed by atoms with Gasteiger partial charge in [-0.25, -0.2) is 0 Å². The van der Waals surface area contributed by atoms with Crippen LogP contribution in [0.1, 0.15) is 16.7 Å². The van der Waals surface area contributed by atoms with Gasteiger partial charge in [-0.2, -0.15) is 5.26 Å². The molecule has 0 fully saturated rings. The summed E-state index contributed by atoms with van der Waals surface area (Å²) in [6.07, 6.45) is 0.209. The van der Waals surface area contributed by atoms with Gasteiger partial charge in [-0.15, -0.1) is 0 Å². The molecule has 5 heteroatoms. The molecular formula is C16H14ClN3O. The second-order valence-corrected chi connectivity index (χ2v) is 4.91. The van der Waals surface area contributed by atoms with E-state index in [1.54, 1.807) is 18.2 Å². The Morgan fingerprint density at radius 2 is 1.95 bits per heavy atom. The van der Waals surface area contributed by atoms with Crippen LogP contribution in [-0.2, 0) is 17.8 Å². The fourth-order valence-corrected chi connectivity index (χ4v) is 2.15. The normalized spacial score (nSPS) is 9.95. The third-order valence-corrected chi connectivity index (χ3v) is 3.39. The molecule has 0 radical (unpaired) electrons. The van der Waals surface area contributed by atoms with Crippen molar-refractivity contribution in [3.05, 3.63) is 64.2 Å². The zero-order chi connectivity index (χ0) is 15.2. The minimum atomic E-state index is -0.201. The maximum atomic E-state index is 12.1. The summed E-state index contributed by atoms with van der Waals surface area (Å²) < 4.78 is 0. The number of carbonyl (C=O) groups excluding carboxylic acids is 1. The van der Waals surface area contributed by atoms with E-state index < -0.39 is 0 Å². The Kier molecular flexibility index (Phi) is 4.94. The Morgan fingerprint density at radius 3 is 2.62 bits per heavy atom. The van der Waals surface area contributed by atoms with Crippen molar-refractivity contribution in [3.63, 3.8) is 0 Å². The topological polar surface area (TPSA) is 78.9 Å². The van der Waals surface area contributed by atoms with Crippen LogP contribution in [0.3, 0.4) is 0 Å². The van der Waals surface area contributed by atoms with Crippen LogP contribution in [0, 0.1) is 11.3 Å². The highest BCUT2D eigenvalue weighted by Gasteiger charge is 2.10. The average molecular weight is 300 g/mol. The Balaban J connectivity index is 2.14. The standard InChI is InChI=1S/C16H14ClN3O/c17-14-6-5-11(9-18)7-15(14)20-16(21)8-12-3-1-2-4-13(12)10-19/h1-7H,8,10,19H2,(H,20,21). The van der Waals surface area contributed by atoms with E-state index in [-0.39, 0.29) is 12.3 Å². The average Bonchev–Trinajstić information content (AvgIpc) is 2.50. The molecule has 106 valence electrons. The van der Waals surface area contributed by atoms with Gasteiger partial charge in [-0.05, 0) is 29.3 Å². The quantitative estimate of drug-likeness (QED) is 0.911. The molecule has 0 aliphatic heterocycles. The predicted molar refractivity (Wildman–Crippen MR) is 82.8 cm³/mol. The Hall–Kier alpha value is -2.35. The third-order valence-electron chi connectivity index (χ3n) is 3.06. The van der Waals surface area contributed by atoms with Crippen molar-refractivity contribution in [1.82, 2.24) is 0 Å². The highest BCUT2D eigenvalue weighted by Crippen LogP contribution is 2.23. The summed E-state index contributed by atoms with van der Waals surface area (Å²) >= 11 is 6.01. The number of halogens is 1. The summed E-state index contributed by atoms with van der Waals surface area (Å²) in [6.45, 7) is 0.383. The number of nitrogens with two attached hydrogens (primary N) is 1. The van der Waals surface area contributed by atoms with Crippen molar-refractivity contribution in [1.29, 1.82) is 5.26 Å². The van der Waals surface area contributed by atoms with Crippen molar-refractivity contribution >= 4 is 23.2 Å². The first kappa shape index (κ1) is 15.0. The Morgan fingerprint density at radius 1 is 1.24 bits per heavy atom. The highest BCUT2D eigenvalue weighted by molar-refractivity contribution is 6.33. The van der Waals surface area contributed by atoms with Crippen LogP contribution in [0.25, 0.3) is 0 Å². The van der Waals surface area contributed by atoms with Gasteiger partial charge < -0.3 is 11.1 Å². The van der Waals surface area contributed by atoms with Crippen LogP contribution in [0.4, 0.5) is 5.69 Å². The molecule has 2 rings (SSSR count). The van der Waals surface area contributed by atoms with E-state index >= 15 is 0 Å². The lowest BCUT2D eigenvalue weighted by Gasteiger charge is -2.10. The molecule has 21 heavy (non-hydrogen) atoms. The first-order chi connectivity index (χ1) is 10.1. The third kappa shape index (κ3) is 3.82. The van der Waals surface area contributed by atoms with E-state index in [0.29, 0.717) is 22.8 Å². The summed E-state index contributed by atoms with van der Waals surface area (Å²) in [6, 6.07) is 14.3. The molecule has 2 aromatic rings. The number of benzene rings is 2. The lowest BCUT2D eigenvalue weighted by molar-refractivity contribution is -0.115. The van der Waals surface area contributed by atoms with Crippen LogP contribution >= 0.6 is 11.6 Å². The van der Waals surface area contributed by atoms with E-state index in [2.05, 4.69) is 5.32 Å². The van der Waals surface area contributed by atoms with Gasteiger partial charge in [0, 0.05) is 6.54 Å². The zero-order valence-corrected chi connectivity index (χ0v) is 12.0. The second-order valence-electron chi connectivity index (χ2n) is 4.50. The van der Waals surface area contributed by atoms with Gasteiger partial charge in [0.2, 0.25) is 5.91 Å². The molecule has 0 spiro atoms. The molecule has 2 aromatic carbocycles. The van der Waals surface area contributed by atoms with Crippen molar-refractivity contribution in [3.8, 4) is 6.07 Å². The molecule has 4 nitrogen and oxygen atoms in total. The van der Waals surface area contributed by atoms with E-state index in [0.717, 1.165) is 11.1 Å². The summed E-state index contributed by atoms with van der Waals surface area (Å²) in [5, 5.41) is 12.0. The lowest BCUT2D eigenvalue weighted by atomic mass is 10.0. The largest absolute Gasteiger partial charge is 0.326 e. The summed E-state index contributed by atoms with van der Waals surface area (Å²) in [4.78, 5) is 12.1. The maximum absolute atomic E-state index is 12.1. The van der Waals surface area contributed by atoms with Crippen LogP contribution < -0.4 is 11.1 Å². The molecule has 1 amide bonds. The van der Waals surface area contributed by atoms with Crippen LogP contribution in [-0.4, -0.2) is 5.91 Å². The first-order valence-corrected chi connectivity index (χ1v) is 6.78. The summed E-state index contributed by atoms with van der Waals surface area (Å²) in [7, 11) is 0. The molecule has 3 N–H and O–H groups in total. The van der Waals surface area contributed by atoms with Crippen molar-refractivity contribution in [2.75, 3.05) is 5.32 Å². The van der Waals surface area contributed by atoms with E-state index in [1.807, 2.05) is 30.3 Å². The minimum absolute atomic E-state index is 0.201. The number of anilines is 1. The molecule has 0 unspecified atom stereocenters. The van der Waals surface area contributed by atoms with Gasteiger partial charge in [0.15, 0.2) is 0 Å². The summed E-state index contributed by atoms with van der Waals surface area (Å²) in [5.74, 6) is -0.201. The zero-order valence-electron chi connectivity index (χ0n) is 11.3.